The van der Waals surface area contributed by atoms with E-state index >= 15 is 0 Å². The molecule has 10 aromatic carbocycles. The van der Waals surface area contributed by atoms with Crippen molar-refractivity contribution in [2.24, 2.45) is 0 Å². The fourth-order valence-electron chi connectivity index (χ4n) is 8.36. The van der Waals surface area contributed by atoms with Gasteiger partial charge < -0.3 is 0 Å². The van der Waals surface area contributed by atoms with E-state index in [0.717, 1.165) is 0 Å². The van der Waals surface area contributed by atoms with Gasteiger partial charge in [-0.1, -0.05) is 200 Å². The number of hydrogen-bond acceptors (Lipinski definition) is 0. The van der Waals surface area contributed by atoms with Crippen molar-refractivity contribution in [3.8, 4) is 55.6 Å². The number of fused-ring (bicyclic) bond motifs is 4. The van der Waals surface area contributed by atoms with Crippen LogP contribution < -0.4 is 0 Å². The zero-order chi connectivity index (χ0) is 34.4. The van der Waals surface area contributed by atoms with Crippen molar-refractivity contribution in [2.45, 2.75) is 0 Å². The molecule has 0 radical (unpaired) electrons. The molecule has 0 amide bonds. The summed E-state index contributed by atoms with van der Waals surface area (Å²) in [5.41, 5.74) is 12.4. The lowest BCUT2D eigenvalue weighted by Crippen LogP contribution is -1.94. The van der Waals surface area contributed by atoms with Crippen molar-refractivity contribution in [1.29, 1.82) is 0 Å². The number of rotatable bonds is 5. The highest BCUT2D eigenvalue weighted by atomic mass is 14.2. The average Bonchev–Trinajstić information content (AvgIpc) is 3.22. The maximum Gasteiger partial charge on any atom is -0.00199 e. The van der Waals surface area contributed by atoms with Crippen LogP contribution in [0.4, 0.5) is 0 Å². The summed E-state index contributed by atoms with van der Waals surface area (Å²) in [6.07, 6.45) is 0. The lowest BCUT2D eigenvalue weighted by Gasteiger charge is -2.21. The van der Waals surface area contributed by atoms with Crippen LogP contribution in [-0.2, 0) is 0 Å². The molecule has 0 aromatic heterocycles. The molecule has 0 aliphatic heterocycles. The highest BCUT2D eigenvalue weighted by molar-refractivity contribution is 6.23. The number of hydrogen-bond donors (Lipinski definition) is 0. The molecule has 0 nitrogen and oxygen atoms in total. The van der Waals surface area contributed by atoms with Crippen molar-refractivity contribution >= 4 is 43.1 Å². The Bertz CT molecular complexity index is 2870. The first-order valence-electron chi connectivity index (χ1n) is 18.0. The SMILES string of the molecule is c1ccc(-c2ccc(-c3ccc(-c4cccc5ccccc45)c4ccccc34)c(-c3c4ccccc4c(-c4ccccc4)c4ccccc34)c2)cc1. The first kappa shape index (κ1) is 30.1. The third-order valence-electron chi connectivity index (χ3n) is 10.7. The van der Waals surface area contributed by atoms with E-state index in [-0.39, 0.29) is 0 Å². The van der Waals surface area contributed by atoms with Gasteiger partial charge in [-0.2, -0.15) is 0 Å². The standard InChI is InChI=1S/C52H34/c1-3-16-35(17-4-1)38-30-31-45(44-33-32-43(41-23-9-10-24-42(41)44)40-29-15-21-36-18-7-8-22-39(36)40)50(34-38)52-48-27-13-11-25-46(48)51(37-19-5-2-6-20-37)47-26-12-14-28-49(47)52/h1-34H. The fraction of sp³-hybridized carbons (Fsp3) is 0. The van der Waals surface area contributed by atoms with Gasteiger partial charge in [-0.25, -0.2) is 0 Å². The minimum absolute atomic E-state index is 1.20. The molecule has 0 bridgehead atoms. The molecule has 0 heteroatoms. The molecule has 0 aliphatic rings. The van der Waals surface area contributed by atoms with Crippen LogP contribution in [0.15, 0.2) is 206 Å². The smallest absolute Gasteiger partial charge is 0.00199 e. The number of benzene rings is 10. The van der Waals surface area contributed by atoms with E-state index in [1.807, 2.05) is 0 Å². The molecule has 0 saturated heterocycles. The molecule has 10 rings (SSSR count). The molecule has 0 atom stereocenters. The molecule has 0 saturated carbocycles. The molecule has 0 heterocycles. The highest BCUT2D eigenvalue weighted by Crippen LogP contribution is 2.48. The second kappa shape index (κ2) is 12.5. The van der Waals surface area contributed by atoms with Gasteiger partial charge in [0.1, 0.15) is 0 Å². The Morgan fingerprint density at radius 2 is 0.615 bits per heavy atom. The zero-order valence-corrected chi connectivity index (χ0v) is 28.6. The normalized spacial score (nSPS) is 11.5. The second-order valence-electron chi connectivity index (χ2n) is 13.6. The highest BCUT2D eigenvalue weighted by Gasteiger charge is 2.21. The molecule has 52 heavy (non-hydrogen) atoms. The summed E-state index contributed by atoms with van der Waals surface area (Å²) in [6.45, 7) is 0. The predicted molar refractivity (Wildman–Crippen MR) is 224 cm³/mol. The monoisotopic (exact) mass is 658 g/mol. The quantitative estimate of drug-likeness (QED) is 0.161. The summed E-state index contributed by atoms with van der Waals surface area (Å²) in [5.74, 6) is 0. The van der Waals surface area contributed by atoms with Crippen molar-refractivity contribution in [2.75, 3.05) is 0 Å². The van der Waals surface area contributed by atoms with E-state index < -0.39 is 0 Å². The summed E-state index contributed by atoms with van der Waals surface area (Å²) in [7, 11) is 0. The van der Waals surface area contributed by atoms with Gasteiger partial charge in [-0.15, -0.1) is 0 Å². The van der Waals surface area contributed by atoms with Crippen LogP contribution in [0, 0.1) is 0 Å². The minimum atomic E-state index is 1.20. The molecule has 10 aromatic rings. The zero-order valence-electron chi connectivity index (χ0n) is 28.6. The summed E-state index contributed by atoms with van der Waals surface area (Å²) < 4.78 is 0. The Labute approximate surface area is 303 Å². The van der Waals surface area contributed by atoms with Crippen LogP contribution in [-0.4, -0.2) is 0 Å². The Morgan fingerprint density at radius 3 is 1.23 bits per heavy atom. The molecule has 0 fully saturated rings. The van der Waals surface area contributed by atoms with Gasteiger partial charge in [0.05, 0.1) is 0 Å². The van der Waals surface area contributed by atoms with Crippen LogP contribution in [0.2, 0.25) is 0 Å². The fourth-order valence-corrected chi connectivity index (χ4v) is 8.36. The van der Waals surface area contributed by atoms with E-state index in [2.05, 4.69) is 206 Å². The molecule has 0 unspecified atom stereocenters. The van der Waals surface area contributed by atoms with Gasteiger partial charge in [0.15, 0.2) is 0 Å². The van der Waals surface area contributed by atoms with Gasteiger partial charge in [0, 0.05) is 0 Å². The summed E-state index contributed by atoms with van der Waals surface area (Å²) in [5, 5.41) is 10.0. The van der Waals surface area contributed by atoms with E-state index in [4.69, 9.17) is 0 Å². The van der Waals surface area contributed by atoms with Gasteiger partial charge in [0.2, 0.25) is 0 Å². The summed E-state index contributed by atoms with van der Waals surface area (Å²) in [6, 6.07) is 75.6. The van der Waals surface area contributed by atoms with Gasteiger partial charge in [-0.05, 0) is 105 Å². The Morgan fingerprint density at radius 1 is 0.192 bits per heavy atom. The molecular weight excluding hydrogens is 625 g/mol. The van der Waals surface area contributed by atoms with Gasteiger partial charge >= 0.3 is 0 Å². The lowest BCUT2D eigenvalue weighted by atomic mass is 9.82. The lowest BCUT2D eigenvalue weighted by molar-refractivity contribution is 1.59. The van der Waals surface area contributed by atoms with E-state index in [1.54, 1.807) is 0 Å². The molecule has 0 spiro atoms. The van der Waals surface area contributed by atoms with Crippen LogP contribution >= 0.6 is 0 Å². The first-order valence-corrected chi connectivity index (χ1v) is 18.0. The van der Waals surface area contributed by atoms with Crippen LogP contribution in [0.3, 0.4) is 0 Å². The van der Waals surface area contributed by atoms with Crippen LogP contribution in [0.1, 0.15) is 0 Å². The van der Waals surface area contributed by atoms with Gasteiger partial charge in [0.25, 0.3) is 0 Å². The van der Waals surface area contributed by atoms with Gasteiger partial charge in [-0.3, -0.25) is 0 Å². The average molecular weight is 659 g/mol. The van der Waals surface area contributed by atoms with Crippen molar-refractivity contribution in [3.05, 3.63) is 206 Å². The molecule has 0 aliphatic carbocycles. The largest absolute Gasteiger partial charge is 0.0622 e. The summed E-state index contributed by atoms with van der Waals surface area (Å²) >= 11 is 0. The Hall–Kier alpha value is -6.76. The molecule has 242 valence electrons. The van der Waals surface area contributed by atoms with Crippen LogP contribution in [0.25, 0.3) is 98.7 Å². The first-order chi connectivity index (χ1) is 25.8. The van der Waals surface area contributed by atoms with Crippen molar-refractivity contribution in [3.63, 3.8) is 0 Å². The molecular formula is C52H34. The predicted octanol–water partition coefficient (Wildman–Crippen LogP) is 14.6. The van der Waals surface area contributed by atoms with E-state index in [1.165, 1.54) is 98.7 Å². The Kier molecular flexibility index (Phi) is 7.25. The Balaban J connectivity index is 1.30. The third kappa shape index (κ3) is 4.92. The second-order valence-corrected chi connectivity index (χ2v) is 13.6. The van der Waals surface area contributed by atoms with E-state index in [9.17, 15) is 0 Å². The van der Waals surface area contributed by atoms with Crippen LogP contribution in [0.5, 0.6) is 0 Å². The summed E-state index contributed by atoms with van der Waals surface area (Å²) in [4.78, 5) is 0. The van der Waals surface area contributed by atoms with Crippen molar-refractivity contribution in [1.82, 2.24) is 0 Å². The minimum Gasteiger partial charge on any atom is -0.0622 e. The maximum absolute atomic E-state index is 2.43. The topological polar surface area (TPSA) is 0 Å². The third-order valence-corrected chi connectivity index (χ3v) is 10.7. The van der Waals surface area contributed by atoms with Crippen molar-refractivity contribution < 1.29 is 0 Å². The molecule has 0 N–H and O–H groups in total. The maximum atomic E-state index is 2.43. The van der Waals surface area contributed by atoms with E-state index in [0.29, 0.717) is 0 Å².